The standard InChI is InChI=1S/C17H24N4O3S2/c1-3-16-6-7-17(25-16)26(22,23)21-13-4-5-14(21)9-15(8-13)20-10-12(11-24-2)18-19-20/h6-7,10,13-15H,3-5,8-9,11H2,1-2H3. The van der Waals surface area contributed by atoms with Crippen molar-refractivity contribution < 1.29 is 13.2 Å². The lowest BCUT2D eigenvalue weighted by atomic mass is 10.00. The summed E-state index contributed by atoms with van der Waals surface area (Å²) in [6.07, 6.45) is 6.21. The topological polar surface area (TPSA) is 77.3 Å². The number of nitrogens with zero attached hydrogens (tertiary/aromatic N) is 4. The fourth-order valence-electron chi connectivity index (χ4n) is 4.21. The van der Waals surface area contributed by atoms with Crippen LogP contribution in [0.2, 0.25) is 0 Å². The highest BCUT2D eigenvalue weighted by Gasteiger charge is 2.48. The van der Waals surface area contributed by atoms with Crippen LogP contribution in [0.15, 0.2) is 22.5 Å². The van der Waals surface area contributed by atoms with Gasteiger partial charge < -0.3 is 4.74 Å². The molecule has 7 nitrogen and oxygen atoms in total. The maximum atomic E-state index is 13.2. The second kappa shape index (κ2) is 7.03. The van der Waals surface area contributed by atoms with Crippen molar-refractivity contribution in [3.05, 3.63) is 28.9 Å². The minimum atomic E-state index is -3.41. The van der Waals surface area contributed by atoms with Crippen LogP contribution in [-0.2, 0) is 27.8 Å². The SMILES string of the molecule is CCc1ccc(S(=O)(=O)N2C3CCC2CC(n2cc(COC)nn2)C3)s1. The highest BCUT2D eigenvalue weighted by Crippen LogP contribution is 2.44. The van der Waals surface area contributed by atoms with Gasteiger partial charge in [-0.25, -0.2) is 13.1 Å². The molecule has 4 rings (SSSR count). The summed E-state index contributed by atoms with van der Waals surface area (Å²) in [6, 6.07) is 3.99. The highest BCUT2D eigenvalue weighted by molar-refractivity contribution is 7.91. The number of thiophene rings is 1. The van der Waals surface area contributed by atoms with E-state index in [9.17, 15) is 8.42 Å². The molecule has 2 bridgehead atoms. The van der Waals surface area contributed by atoms with E-state index in [1.165, 1.54) is 11.3 Å². The summed E-state index contributed by atoms with van der Waals surface area (Å²) in [5.74, 6) is 0. The minimum absolute atomic E-state index is 0.0472. The Kier molecular flexibility index (Phi) is 4.89. The van der Waals surface area contributed by atoms with Gasteiger partial charge in [-0.05, 0) is 44.2 Å². The van der Waals surface area contributed by atoms with Gasteiger partial charge in [0.25, 0.3) is 10.0 Å². The second-order valence-corrected chi connectivity index (χ2v) is 10.3. The van der Waals surface area contributed by atoms with Gasteiger partial charge in [-0.15, -0.1) is 16.4 Å². The Morgan fingerprint density at radius 1 is 1.23 bits per heavy atom. The van der Waals surface area contributed by atoms with Crippen LogP contribution < -0.4 is 0 Å². The quantitative estimate of drug-likeness (QED) is 0.750. The zero-order valence-corrected chi connectivity index (χ0v) is 16.7. The molecule has 2 saturated heterocycles. The van der Waals surface area contributed by atoms with E-state index in [0.717, 1.165) is 42.7 Å². The first-order valence-corrected chi connectivity index (χ1v) is 11.3. The van der Waals surface area contributed by atoms with Gasteiger partial charge in [0.1, 0.15) is 9.90 Å². The maximum absolute atomic E-state index is 13.2. The van der Waals surface area contributed by atoms with Crippen molar-refractivity contribution in [2.75, 3.05) is 7.11 Å². The summed E-state index contributed by atoms with van der Waals surface area (Å²) < 4.78 is 35.6. The van der Waals surface area contributed by atoms with Gasteiger partial charge in [-0.2, -0.15) is 4.31 Å². The van der Waals surface area contributed by atoms with Gasteiger partial charge in [0, 0.05) is 24.1 Å². The summed E-state index contributed by atoms with van der Waals surface area (Å²) in [6.45, 7) is 2.49. The zero-order valence-electron chi connectivity index (χ0n) is 15.0. The van der Waals surface area contributed by atoms with Gasteiger partial charge in [0.05, 0.1) is 18.8 Å². The van der Waals surface area contributed by atoms with Gasteiger partial charge in [-0.3, -0.25) is 0 Å². The molecule has 142 valence electrons. The Hall–Kier alpha value is -1.29. The van der Waals surface area contributed by atoms with Crippen molar-refractivity contribution >= 4 is 21.4 Å². The molecule has 0 radical (unpaired) electrons. The number of aromatic nitrogens is 3. The molecule has 26 heavy (non-hydrogen) atoms. The van der Waals surface area contributed by atoms with E-state index in [4.69, 9.17) is 4.74 Å². The molecule has 2 aliphatic rings. The normalized spacial score (nSPS) is 26.5. The fourth-order valence-corrected chi connectivity index (χ4v) is 7.50. The minimum Gasteiger partial charge on any atom is -0.378 e. The molecule has 2 aromatic heterocycles. The third-order valence-corrected chi connectivity index (χ3v) is 9.08. The predicted octanol–water partition coefficient (Wildman–Crippen LogP) is 2.61. The molecule has 9 heteroatoms. The van der Waals surface area contributed by atoms with Gasteiger partial charge in [0.2, 0.25) is 0 Å². The lowest BCUT2D eigenvalue weighted by Crippen LogP contribution is -2.46. The monoisotopic (exact) mass is 396 g/mol. The van der Waals surface area contributed by atoms with E-state index < -0.39 is 10.0 Å². The number of piperidine rings is 1. The summed E-state index contributed by atoms with van der Waals surface area (Å²) in [5, 5.41) is 8.37. The van der Waals surface area contributed by atoms with Crippen molar-refractivity contribution in [2.45, 2.75) is 68.0 Å². The van der Waals surface area contributed by atoms with Crippen molar-refractivity contribution in [3.63, 3.8) is 0 Å². The number of sulfonamides is 1. The smallest absolute Gasteiger partial charge is 0.253 e. The molecule has 0 amide bonds. The molecular weight excluding hydrogens is 372 g/mol. The molecule has 4 heterocycles. The van der Waals surface area contributed by atoms with Crippen LogP contribution in [0.3, 0.4) is 0 Å². The number of aryl methyl sites for hydroxylation is 1. The molecule has 0 aliphatic carbocycles. The fraction of sp³-hybridized carbons (Fsp3) is 0.647. The Morgan fingerprint density at radius 2 is 1.96 bits per heavy atom. The van der Waals surface area contributed by atoms with Crippen LogP contribution in [0.5, 0.6) is 0 Å². The molecule has 2 unspecified atom stereocenters. The van der Waals surface area contributed by atoms with Gasteiger partial charge in [-0.1, -0.05) is 12.1 Å². The zero-order chi connectivity index (χ0) is 18.3. The number of hydrogen-bond donors (Lipinski definition) is 0. The van der Waals surface area contributed by atoms with Crippen LogP contribution in [0.4, 0.5) is 0 Å². The predicted molar refractivity (Wildman–Crippen MR) is 98.5 cm³/mol. The van der Waals surface area contributed by atoms with Crippen molar-refractivity contribution in [3.8, 4) is 0 Å². The highest BCUT2D eigenvalue weighted by atomic mass is 32.2. The summed E-state index contributed by atoms with van der Waals surface area (Å²) >= 11 is 1.40. The largest absolute Gasteiger partial charge is 0.378 e. The lowest BCUT2D eigenvalue weighted by molar-refractivity contribution is 0.180. The average Bonchev–Trinajstić information content (AvgIpc) is 3.34. The summed E-state index contributed by atoms with van der Waals surface area (Å²) in [4.78, 5) is 1.11. The number of methoxy groups -OCH3 is 1. The molecule has 2 aromatic rings. The van der Waals surface area contributed by atoms with Crippen molar-refractivity contribution in [2.24, 2.45) is 0 Å². The van der Waals surface area contributed by atoms with E-state index >= 15 is 0 Å². The van der Waals surface area contributed by atoms with Gasteiger partial charge >= 0.3 is 0 Å². The number of hydrogen-bond acceptors (Lipinski definition) is 6. The number of rotatable bonds is 6. The second-order valence-electron chi connectivity index (χ2n) is 7.04. The Morgan fingerprint density at radius 3 is 2.58 bits per heavy atom. The molecule has 0 N–H and O–H groups in total. The van der Waals surface area contributed by atoms with E-state index in [1.54, 1.807) is 17.5 Å². The molecule has 2 fully saturated rings. The van der Waals surface area contributed by atoms with E-state index in [1.807, 2.05) is 23.9 Å². The molecule has 0 saturated carbocycles. The van der Waals surface area contributed by atoms with Crippen LogP contribution in [0.25, 0.3) is 0 Å². The first-order valence-electron chi connectivity index (χ1n) is 9.04. The Bertz CT molecular complexity index is 862. The summed E-state index contributed by atoms with van der Waals surface area (Å²) in [5.41, 5.74) is 0.806. The van der Waals surface area contributed by atoms with Crippen LogP contribution in [0, 0.1) is 0 Å². The van der Waals surface area contributed by atoms with E-state index in [2.05, 4.69) is 10.3 Å². The average molecular weight is 397 g/mol. The van der Waals surface area contributed by atoms with Gasteiger partial charge in [0.15, 0.2) is 0 Å². The van der Waals surface area contributed by atoms with Crippen LogP contribution in [-0.4, -0.2) is 46.9 Å². The van der Waals surface area contributed by atoms with Crippen molar-refractivity contribution in [1.82, 2.24) is 19.3 Å². The summed E-state index contributed by atoms with van der Waals surface area (Å²) in [7, 11) is -1.77. The molecular formula is C17H24N4O3S2. The van der Waals surface area contributed by atoms with Crippen LogP contribution >= 0.6 is 11.3 Å². The third-order valence-electron chi connectivity index (χ3n) is 5.38. The molecule has 2 atom stereocenters. The number of ether oxygens (including phenoxy) is 1. The number of fused-ring (bicyclic) bond motifs is 2. The first kappa shape index (κ1) is 18.1. The Labute approximate surface area is 158 Å². The third kappa shape index (κ3) is 3.11. The lowest BCUT2D eigenvalue weighted by Gasteiger charge is -2.37. The molecule has 2 aliphatic heterocycles. The maximum Gasteiger partial charge on any atom is 0.253 e. The van der Waals surface area contributed by atoms with Crippen LogP contribution in [0.1, 0.15) is 49.2 Å². The molecule has 0 spiro atoms. The van der Waals surface area contributed by atoms with E-state index in [0.29, 0.717) is 10.8 Å². The molecule has 0 aromatic carbocycles. The van der Waals surface area contributed by atoms with E-state index in [-0.39, 0.29) is 18.1 Å². The first-order chi connectivity index (χ1) is 12.5. The van der Waals surface area contributed by atoms with Crippen molar-refractivity contribution in [1.29, 1.82) is 0 Å². The Balaban J connectivity index is 1.54.